The second kappa shape index (κ2) is 10.9. The van der Waals surface area contributed by atoms with Gasteiger partial charge in [0.05, 0.1) is 12.2 Å². The molecule has 2 aromatic rings. The predicted octanol–water partition coefficient (Wildman–Crippen LogP) is 4.74. The first-order valence-electron chi connectivity index (χ1n) is 8.84. The van der Waals surface area contributed by atoms with E-state index in [0.717, 1.165) is 29.5 Å². The van der Waals surface area contributed by atoms with Crippen LogP contribution in [-0.4, -0.2) is 24.0 Å². The number of halogens is 1. The number of hydrogen-bond acceptors (Lipinski definition) is 3. The molecule has 2 N–H and O–H groups in total. The van der Waals surface area contributed by atoms with Crippen LogP contribution in [0.2, 0.25) is 0 Å². The van der Waals surface area contributed by atoms with Crippen molar-refractivity contribution >= 4 is 41.3 Å². The molecule has 1 aromatic heterocycles. The van der Waals surface area contributed by atoms with Gasteiger partial charge in [0.1, 0.15) is 5.01 Å². The maximum atomic E-state index is 4.72. The molecule has 0 aliphatic heterocycles. The molecule has 1 heterocycles. The molecule has 6 heteroatoms. The predicted molar refractivity (Wildman–Crippen MR) is 124 cm³/mol. The molecule has 0 saturated carbocycles. The third-order valence-electron chi connectivity index (χ3n) is 4.04. The summed E-state index contributed by atoms with van der Waals surface area (Å²) in [4.78, 5) is 9.04. The Morgan fingerprint density at radius 2 is 1.92 bits per heavy atom. The third kappa shape index (κ3) is 7.61. The van der Waals surface area contributed by atoms with Gasteiger partial charge in [-0.1, -0.05) is 51.1 Å². The average Bonchev–Trinajstić information content (AvgIpc) is 3.07. The van der Waals surface area contributed by atoms with Crippen LogP contribution in [0.3, 0.4) is 0 Å². The Bertz CT molecular complexity index is 677. The Morgan fingerprint density at radius 1 is 1.23 bits per heavy atom. The second-order valence-corrected chi connectivity index (χ2v) is 8.31. The fourth-order valence-corrected chi connectivity index (χ4v) is 3.38. The van der Waals surface area contributed by atoms with Gasteiger partial charge in [0.2, 0.25) is 0 Å². The highest BCUT2D eigenvalue weighted by Crippen LogP contribution is 2.23. The van der Waals surface area contributed by atoms with Gasteiger partial charge in [0, 0.05) is 23.9 Å². The van der Waals surface area contributed by atoms with Gasteiger partial charge in [0.15, 0.2) is 5.96 Å². The number of aliphatic imine (C=N–C) groups is 1. The molecule has 0 spiro atoms. The van der Waals surface area contributed by atoms with Crippen LogP contribution in [0.5, 0.6) is 0 Å². The summed E-state index contributed by atoms with van der Waals surface area (Å²) >= 11 is 1.70. The molecule has 1 aromatic carbocycles. The SMILES string of the molecule is CN=C(NCc1nc(C(C)(C)C)cs1)NC(C)CCc1ccccc1.I. The number of benzene rings is 1. The van der Waals surface area contributed by atoms with Gasteiger partial charge in [0.25, 0.3) is 0 Å². The van der Waals surface area contributed by atoms with Crippen LogP contribution in [0.4, 0.5) is 0 Å². The molecule has 0 aliphatic carbocycles. The molecule has 1 unspecified atom stereocenters. The van der Waals surface area contributed by atoms with Crippen LogP contribution < -0.4 is 10.6 Å². The van der Waals surface area contributed by atoms with Crippen LogP contribution in [-0.2, 0) is 18.4 Å². The molecule has 0 radical (unpaired) electrons. The van der Waals surface area contributed by atoms with Gasteiger partial charge in [-0.3, -0.25) is 4.99 Å². The summed E-state index contributed by atoms with van der Waals surface area (Å²) in [6.45, 7) is 9.46. The minimum absolute atomic E-state index is 0. The van der Waals surface area contributed by atoms with Gasteiger partial charge in [-0.15, -0.1) is 35.3 Å². The second-order valence-electron chi connectivity index (χ2n) is 7.37. The van der Waals surface area contributed by atoms with E-state index in [1.165, 1.54) is 5.56 Å². The van der Waals surface area contributed by atoms with E-state index in [4.69, 9.17) is 4.98 Å². The maximum absolute atomic E-state index is 4.72. The molecule has 144 valence electrons. The monoisotopic (exact) mass is 486 g/mol. The summed E-state index contributed by atoms with van der Waals surface area (Å²) in [6, 6.07) is 10.9. The zero-order valence-electron chi connectivity index (χ0n) is 16.4. The Kier molecular flexibility index (Phi) is 9.57. The van der Waals surface area contributed by atoms with Crippen molar-refractivity contribution in [3.8, 4) is 0 Å². The number of aryl methyl sites for hydroxylation is 1. The fraction of sp³-hybridized carbons (Fsp3) is 0.500. The highest BCUT2D eigenvalue weighted by molar-refractivity contribution is 14.0. The van der Waals surface area contributed by atoms with Crippen molar-refractivity contribution in [1.82, 2.24) is 15.6 Å². The number of nitrogens with zero attached hydrogens (tertiary/aromatic N) is 2. The van der Waals surface area contributed by atoms with Gasteiger partial charge in [-0.2, -0.15) is 0 Å². The normalized spacial score (nSPS) is 13.0. The quantitative estimate of drug-likeness (QED) is 0.352. The topological polar surface area (TPSA) is 49.3 Å². The van der Waals surface area contributed by atoms with Crippen LogP contribution in [0.15, 0.2) is 40.7 Å². The lowest BCUT2D eigenvalue weighted by Crippen LogP contribution is -2.42. The Morgan fingerprint density at radius 3 is 2.50 bits per heavy atom. The van der Waals surface area contributed by atoms with E-state index in [-0.39, 0.29) is 29.4 Å². The number of hydrogen-bond donors (Lipinski definition) is 2. The molecule has 2 rings (SSSR count). The van der Waals surface area contributed by atoms with Crippen molar-refractivity contribution in [3.63, 3.8) is 0 Å². The van der Waals surface area contributed by atoms with Crippen molar-refractivity contribution in [2.75, 3.05) is 7.05 Å². The number of nitrogens with one attached hydrogen (secondary N) is 2. The molecule has 0 bridgehead atoms. The van der Waals surface area contributed by atoms with Crippen LogP contribution in [0.25, 0.3) is 0 Å². The van der Waals surface area contributed by atoms with Crippen molar-refractivity contribution < 1.29 is 0 Å². The lowest BCUT2D eigenvalue weighted by atomic mass is 9.93. The van der Waals surface area contributed by atoms with Crippen LogP contribution >= 0.6 is 35.3 Å². The Labute approximate surface area is 179 Å². The van der Waals surface area contributed by atoms with Gasteiger partial charge >= 0.3 is 0 Å². The third-order valence-corrected chi connectivity index (χ3v) is 4.89. The van der Waals surface area contributed by atoms with Gasteiger partial charge < -0.3 is 10.6 Å². The van der Waals surface area contributed by atoms with E-state index in [1.54, 1.807) is 11.3 Å². The molecule has 26 heavy (non-hydrogen) atoms. The largest absolute Gasteiger partial charge is 0.354 e. The maximum Gasteiger partial charge on any atom is 0.191 e. The zero-order valence-corrected chi connectivity index (χ0v) is 19.5. The first-order valence-corrected chi connectivity index (χ1v) is 9.72. The van der Waals surface area contributed by atoms with E-state index in [1.807, 2.05) is 7.05 Å². The summed E-state index contributed by atoms with van der Waals surface area (Å²) < 4.78 is 0. The van der Waals surface area contributed by atoms with Crippen molar-refractivity contribution in [3.05, 3.63) is 52.0 Å². The molecule has 0 amide bonds. The first kappa shape index (κ1) is 22.9. The molecular formula is C20H31IN4S. The highest BCUT2D eigenvalue weighted by atomic mass is 127. The average molecular weight is 486 g/mol. The number of thiazole rings is 1. The van der Waals surface area contributed by atoms with Crippen molar-refractivity contribution in [2.24, 2.45) is 4.99 Å². The van der Waals surface area contributed by atoms with E-state index in [9.17, 15) is 0 Å². The highest BCUT2D eigenvalue weighted by Gasteiger charge is 2.17. The van der Waals surface area contributed by atoms with Crippen LogP contribution in [0, 0.1) is 0 Å². The fourth-order valence-electron chi connectivity index (χ4n) is 2.42. The summed E-state index contributed by atoms with van der Waals surface area (Å²) in [5, 5.41) is 10.1. The smallest absolute Gasteiger partial charge is 0.191 e. The van der Waals surface area contributed by atoms with E-state index in [0.29, 0.717) is 12.6 Å². The van der Waals surface area contributed by atoms with Gasteiger partial charge in [-0.05, 0) is 25.3 Å². The standard InChI is InChI=1S/C20H30N4S.HI/c1-15(11-12-16-9-7-6-8-10-16)23-19(21-5)22-13-18-24-17(14-25-18)20(2,3)4;/h6-10,14-15H,11-13H2,1-5H3,(H2,21,22,23);1H. The van der Waals surface area contributed by atoms with E-state index >= 15 is 0 Å². The van der Waals surface area contributed by atoms with Crippen molar-refractivity contribution in [2.45, 2.75) is 58.5 Å². The molecular weight excluding hydrogens is 455 g/mol. The van der Waals surface area contributed by atoms with E-state index in [2.05, 4.69) is 79.0 Å². The van der Waals surface area contributed by atoms with Crippen LogP contribution in [0.1, 0.15) is 50.4 Å². The lowest BCUT2D eigenvalue weighted by Gasteiger charge is -2.17. The van der Waals surface area contributed by atoms with Crippen molar-refractivity contribution in [1.29, 1.82) is 0 Å². The Balaban J connectivity index is 0.00000338. The summed E-state index contributed by atoms with van der Waals surface area (Å²) in [5.74, 6) is 0.827. The van der Waals surface area contributed by atoms with Gasteiger partial charge in [-0.25, -0.2) is 4.98 Å². The molecule has 0 fully saturated rings. The summed E-state index contributed by atoms with van der Waals surface area (Å²) in [7, 11) is 1.81. The molecule has 0 saturated heterocycles. The minimum Gasteiger partial charge on any atom is -0.354 e. The minimum atomic E-state index is 0. The lowest BCUT2D eigenvalue weighted by molar-refractivity contribution is 0.569. The Hall–Kier alpha value is -1.15. The molecule has 4 nitrogen and oxygen atoms in total. The number of rotatable bonds is 6. The first-order chi connectivity index (χ1) is 11.9. The van der Waals surface area contributed by atoms with E-state index < -0.39 is 0 Å². The zero-order chi connectivity index (χ0) is 18.3. The molecule has 0 aliphatic rings. The molecule has 1 atom stereocenters. The number of aromatic nitrogens is 1. The summed E-state index contributed by atoms with van der Waals surface area (Å²) in [6.07, 6.45) is 2.13. The summed E-state index contributed by atoms with van der Waals surface area (Å²) in [5.41, 5.74) is 2.62. The number of guanidine groups is 1.